The average molecular weight is 195 g/mol. The summed E-state index contributed by atoms with van der Waals surface area (Å²) in [5.74, 6) is 0. The van der Waals surface area contributed by atoms with Crippen molar-refractivity contribution < 1.29 is 4.92 Å². The number of anilines is 2. The minimum absolute atomic E-state index is 0.0342. The second-order valence-electron chi connectivity index (χ2n) is 3.29. The quantitative estimate of drug-likeness (QED) is 0.441. The van der Waals surface area contributed by atoms with Crippen molar-refractivity contribution in [1.29, 1.82) is 0 Å². The van der Waals surface area contributed by atoms with Crippen molar-refractivity contribution in [2.75, 3.05) is 24.7 Å². The zero-order chi connectivity index (χ0) is 10.9. The van der Waals surface area contributed by atoms with Gasteiger partial charge in [-0.15, -0.1) is 0 Å². The summed E-state index contributed by atoms with van der Waals surface area (Å²) in [6.45, 7) is 1.78. The Morgan fingerprint density at radius 2 is 2.00 bits per heavy atom. The van der Waals surface area contributed by atoms with Crippen molar-refractivity contribution in [1.82, 2.24) is 0 Å². The lowest BCUT2D eigenvalue weighted by atomic mass is 10.1. The molecule has 0 amide bonds. The van der Waals surface area contributed by atoms with E-state index in [0.29, 0.717) is 0 Å². The fraction of sp³-hybridized carbons (Fsp3) is 0.333. The number of nitro benzene ring substituents is 1. The Kier molecular flexibility index (Phi) is 2.60. The monoisotopic (exact) mass is 195 g/mol. The number of nitro groups is 1. The molecule has 5 heteroatoms. The number of nitrogen functional groups attached to an aromatic ring is 1. The van der Waals surface area contributed by atoms with Gasteiger partial charge in [-0.1, -0.05) is 0 Å². The highest BCUT2D eigenvalue weighted by Gasteiger charge is 2.15. The van der Waals surface area contributed by atoms with E-state index in [1.165, 1.54) is 6.07 Å². The van der Waals surface area contributed by atoms with Crippen molar-refractivity contribution in [2.45, 2.75) is 6.92 Å². The third-order valence-electron chi connectivity index (χ3n) is 2.14. The molecular formula is C9H13N3O2. The van der Waals surface area contributed by atoms with Gasteiger partial charge in [0.15, 0.2) is 0 Å². The maximum Gasteiger partial charge on any atom is 0.292 e. The summed E-state index contributed by atoms with van der Waals surface area (Å²) >= 11 is 0. The van der Waals surface area contributed by atoms with Crippen LogP contribution in [0.25, 0.3) is 0 Å². The molecule has 0 aliphatic rings. The van der Waals surface area contributed by atoms with Gasteiger partial charge < -0.3 is 10.6 Å². The predicted octanol–water partition coefficient (Wildman–Crippen LogP) is 1.55. The molecule has 0 aliphatic heterocycles. The first-order valence-electron chi connectivity index (χ1n) is 4.16. The molecule has 2 N–H and O–H groups in total. The van der Waals surface area contributed by atoms with Gasteiger partial charge in [-0.05, 0) is 13.0 Å². The number of hydrogen-bond acceptors (Lipinski definition) is 4. The maximum atomic E-state index is 10.6. The highest BCUT2D eigenvalue weighted by molar-refractivity contribution is 5.72. The molecule has 0 bridgehead atoms. The molecule has 0 saturated heterocycles. The first kappa shape index (κ1) is 10.3. The molecule has 0 aromatic heterocycles. The van der Waals surface area contributed by atoms with Gasteiger partial charge in [-0.2, -0.15) is 0 Å². The Morgan fingerprint density at radius 1 is 1.43 bits per heavy atom. The molecular weight excluding hydrogens is 182 g/mol. The van der Waals surface area contributed by atoms with Gasteiger partial charge in [0, 0.05) is 31.4 Å². The molecule has 0 spiro atoms. The molecule has 5 nitrogen and oxygen atoms in total. The first-order valence-corrected chi connectivity index (χ1v) is 4.16. The van der Waals surface area contributed by atoms with Crippen LogP contribution in [-0.2, 0) is 0 Å². The minimum atomic E-state index is -0.470. The molecule has 0 heterocycles. The summed E-state index contributed by atoms with van der Waals surface area (Å²) < 4.78 is 0. The number of rotatable bonds is 2. The summed E-state index contributed by atoms with van der Waals surface area (Å²) in [5, 5.41) is 10.6. The second kappa shape index (κ2) is 3.53. The summed E-state index contributed by atoms with van der Waals surface area (Å²) in [7, 11) is 3.74. The molecule has 1 rings (SSSR count). The normalized spacial score (nSPS) is 9.93. The van der Waals surface area contributed by atoms with Crippen LogP contribution in [-0.4, -0.2) is 19.0 Å². The molecule has 0 radical (unpaired) electrons. The van der Waals surface area contributed by atoms with Crippen molar-refractivity contribution in [3.63, 3.8) is 0 Å². The standard InChI is InChI=1S/C9H13N3O2/c1-6-7(11(2)3)4-5-8(9(6)10)12(13)14/h4-5H,10H2,1-3H3. The lowest BCUT2D eigenvalue weighted by Crippen LogP contribution is -2.11. The highest BCUT2D eigenvalue weighted by atomic mass is 16.6. The first-order chi connectivity index (χ1) is 6.45. The van der Waals surface area contributed by atoms with Gasteiger partial charge in [0.05, 0.1) is 4.92 Å². The van der Waals surface area contributed by atoms with Crippen molar-refractivity contribution in [3.8, 4) is 0 Å². The predicted molar refractivity (Wildman–Crippen MR) is 56.6 cm³/mol. The molecule has 0 fully saturated rings. The fourth-order valence-electron chi connectivity index (χ4n) is 1.35. The lowest BCUT2D eigenvalue weighted by molar-refractivity contribution is -0.383. The molecule has 0 atom stereocenters. The van der Waals surface area contributed by atoms with Crippen molar-refractivity contribution in [3.05, 3.63) is 27.8 Å². The van der Waals surface area contributed by atoms with E-state index in [0.717, 1.165) is 11.3 Å². The summed E-state index contributed by atoms with van der Waals surface area (Å²) in [6, 6.07) is 3.13. The third-order valence-corrected chi connectivity index (χ3v) is 2.14. The van der Waals surface area contributed by atoms with Crippen LogP contribution in [0.2, 0.25) is 0 Å². The summed E-state index contributed by atoms with van der Waals surface area (Å²) in [5.41, 5.74) is 7.49. The van der Waals surface area contributed by atoms with E-state index in [4.69, 9.17) is 5.73 Å². The summed E-state index contributed by atoms with van der Waals surface area (Å²) in [4.78, 5) is 12.0. The number of benzene rings is 1. The number of nitrogens with two attached hydrogens (primary N) is 1. The van der Waals surface area contributed by atoms with E-state index in [1.807, 2.05) is 19.0 Å². The molecule has 76 valence electrons. The number of hydrogen-bond donors (Lipinski definition) is 1. The van der Waals surface area contributed by atoms with Crippen LogP contribution in [0.1, 0.15) is 5.56 Å². The van der Waals surface area contributed by atoms with Gasteiger partial charge in [0.1, 0.15) is 5.69 Å². The average Bonchev–Trinajstić information content (AvgIpc) is 2.08. The van der Waals surface area contributed by atoms with Crippen LogP contribution in [0.3, 0.4) is 0 Å². The SMILES string of the molecule is Cc1c(N(C)C)ccc([N+](=O)[O-])c1N. The van der Waals surface area contributed by atoms with Crippen LogP contribution < -0.4 is 10.6 Å². The van der Waals surface area contributed by atoms with Crippen LogP contribution in [0, 0.1) is 17.0 Å². The lowest BCUT2D eigenvalue weighted by Gasteiger charge is -2.16. The molecule has 1 aromatic carbocycles. The van der Waals surface area contributed by atoms with E-state index < -0.39 is 4.92 Å². The van der Waals surface area contributed by atoms with E-state index in [-0.39, 0.29) is 11.4 Å². The Hall–Kier alpha value is -1.78. The van der Waals surface area contributed by atoms with Crippen molar-refractivity contribution in [2.24, 2.45) is 0 Å². The van der Waals surface area contributed by atoms with Crippen LogP contribution >= 0.6 is 0 Å². The van der Waals surface area contributed by atoms with Gasteiger partial charge in [0.2, 0.25) is 0 Å². The van der Waals surface area contributed by atoms with E-state index in [9.17, 15) is 10.1 Å². The maximum absolute atomic E-state index is 10.6. The topological polar surface area (TPSA) is 72.4 Å². The Labute approximate surface area is 82.3 Å². The smallest absolute Gasteiger partial charge is 0.292 e. The van der Waals surface area contributed by atoms with Crippen LogP contribution in [0.15, 0.2) is 12.1 Å². The van der Waals surface area contributed by atoms with Gasteiger partial charge in [-0.3, -0.25) is 10.1 Å². The Bertz CT molecular complexity index is 375. The van der Waals surface area contributed by atoms with Gasteiger partial charge >= 0.3 is 0 Å². The Morgan fingerprint density at radius 3 is 2.43 bits per heavy atom. The summed E-state index contributed by atoms with van der Waals surface area (Å²) in [6.07, 6.45) is 0. The molecule has 1 aromatic rings. The molecule has 14 heavy (non-hydrogen) atoms. The number of nitrogens with zero attached hydrogens (tertiary/aromatic N) is 2. The van der Waals surface area contributed by atoms with Crippen LogP contribution in [0.5, 0.6) is 0 Å². The van der Waals surface area contributed by atoms with E-state index in [2.05, 4.69) is 0 Å². The van der Waals surface area contributed by atoms with Crippen LogP contribution in [0.4, 0.5) is 17.1 Å². The van der Waals surface area contributed by atoms with E-state index >= 15 is 0 Å². The third kappa shape index (κ3) is 1.61. The van der Waals surface area contributed by atoms with Crippen molar-refractivity contribution >= 4 is 17.1 Å². The van der Waals surface area contributed by atoms with Gasteiger partial charge in [0.25, 0.3) is 5.69 Å². The zero-order valence-corrected chi connectivity index (χ0v) is 8.44. The molecule has 0 unspecified atom stereocenters. The zero-order valence-electron chi connectivity index (χ0n) is 8.44. The fourth-order valence-corrected chi connectivity index (χ4v) is 1.35. The molecule has 0 saturated carbocycles. The van der Waals surface area contributed by atoms with E-state index in [1.54, 1.807) is 13.0 Å². The largest absolute Gasteiger partial charge is 0.393 e. The molecule has 0 aliphatic carbocycles. The minimum Gasteiger partial charge on any atom is -0.393 e. The highest BCUT2D eigenvalue weighted by Crippen LogP contribution is 2.31. The second-order valence-corrected chi connectivity index (χ2v) is 3.29. The van der Waals surface area contributed by atoms with Gasteiger partial charge in [-0.25, -0.2) is 0 Å². The Balaban J connectivity index is 3.33.